The van der Waals surface area contributed by atoms with Gasteiger partial charge < -0.3 is 15.3 Å². The van der Waals surface area contributed by atoms with E-state index < -0.39 is 18.5 Å². The normalized spacial score (nSPS) is 10.2. The predicted molar refractivity (Wildman–Crippen MR) is 80.0 cm³/mol. The molecule has 0 heterocycles. The van der Waals surface area contributed by atoms with Crippen LogP contribution in [-0.4, -0.2) is 35.1 Å². The number of urea groups is 1. The van der Waals surface area contributed by atoms with Gasteiger partial charge in [0.25, 0.3) is 0 Å². The Balaban J connectivity index is 2.87. The number of rotatable bonds is 5. The van der Waals surface area contributed by atoms with E-state index in [0.29, 0.717) is 13.0 Å². The van der Waals surface area contributed by atoms with Gasteiger partial charge in [0.2, 0.25) is 0 Å². The Morgan fingerprint density at radius 1 is 1.20 bits per heavy atom. The van der Waals surface area contributed by atoms with Crippen molar-refractivity contribution in [2.45, 2.75) is 13.3 Å². The van der Waals surface area contributed by atoms with Gasteiger partial charge in [0, 0.05) is 6.54 Å². The molecule has 0 fully saturated rings. The number of carbonyl (C=O) groups is 2. The van der Waals surface area contributed by atoms with Crippen molar-refractivity contribution >= 4 is 52.5 Å². The van der Waals surface area contributed by atoms with Crippen molar-refractivity contribution in [3.05, 3.63) is 27.2 Å². The van der Waals surface area contributed by atoms with Crippen molar-refractivity contribution in [2.24, 2.45) is 0 Å². The van der Waals surface area contributed by atoms with Crippen molar-refractivity contribution in [1.29, 1.82) is 0 Å². The minimum absolute atomic E-state index is 0.222. The first kappa shape index (κ1) is 16.9. The van der Waals surface area contributed by atoms with Crippen LogP contribution in [0.3, 0.4) is 0 Å². The highest BCUT2D eigenvalue weighted by molar-refractivity contribution is 6.44. The predicted octanol–water partition coefficient (Wildman–Crippen LogP) is 3.98. The quantitative estimate of drug-likeness (QED) is 0.797. The lowest BCUT2D eigenvalue weighted by Crippen LogP contribution is -2.39. The molecule has 1 aromatic rings. The second-order valence-corrected chi connectivity index (χ2v) is 5.21. The van der Waals surface area contributed by atoms with Gasteiger partial charge in [-0.3, -0.25) is 4.79 Å². The standard InChI is InChI=1S/C12H13Cl3N2O3/c1-2-3-17(6-11(18)19)12(20)16-10-5-8(14)7(13)4-9(10)15/h4-5H,2-3,6H2,1H3,(H,16,20)(H,18,19). The zero-order valence-electron chi connectivity index (χ0n) is 10.6. The van der Waals surface area contributed by atoms with Crippen LogP contribution in [0.5, 0.6) is 0 Å². The van der Waals surface area contributed by atoms with Gasteiger partial charge in [0.1, 0.15) is 6.54 Å². The van der Waals surface area contributed by atoms with Crippen molar-refractivity contribution < 1.29 is 14.7 Å². The zero-order chi connectivity index (χ0) is 15.3. The molecule has 2 N–H and O–H groups in total. The molecule has 0 spiro atoms. The number of anilines is 1. The maximum absolute atomic E-state index is 12.0. The summed E-state index contributed by atoms with van der Waals surface area (Å²) in [5.41, 5.74) is 0.276. The van der Waals surface area contributed by atoms with Crippen LogP contribution in [0.1, 0.15) is 13.3 Å². The number of benzene rings is 1. The minimum atomic E-state index is -1.09. The molecule has 0 saturated carbocycles. The van der Waals surface area contributed by atoms with Gasteiger partial charge >= 0.3 is 12.0 Å². The second kappa shape index (κ2) is 7.57. The number of carboxylic acids is 1. The maximum Gasteiger partial charge on any atom is 0.323 e. The van der Waals surface area contributed by atoms with E-state index in [1.54, 1.807) is 0 Å². The van der Waals surface area contributed by atoms with Gasteiger partial charge in [0.15, 0.2) is 0 Å². The first-order valence-corrected chi connectivity index (χ1v) is 6.90. The summed E-state index contributed by atoms with van der Waals surface area (Å²) in [7, 11) is 0. The summed E-state index contributed by atoms with van der Waals surface area (Å²) in [6.07, 6.45) is 0.635. The van der Waals surface area contributed by atoms with Crippen LogP contribution < -0.4 is 5.32 Å². The van der Waals surface area contributed by atoms with Crippen molar-refractivity contribution in [1.82, 2.24) is 4.90 Å². The van der Waals surface area contributed by atoms with E-state index in [-0.39, 0.29) is 20.8 Å². The van der Waals surface area contributed by atoms with Crippen LogP contribution in [0.15, 0.2) is 12.1 Å². The first-order valence-electron chi connectivity index (χ1n) is 5.77. The van der Waals surface area contributed by atoms with Gasteiger partial charge in [-0.1, -0.05) is 41.7 Å². The van der Waals surface area contributed by atoms with Gasteiger partial charge in [-0.15, -0.1) is 0 Å². The molecule has 1 rings (SSSR count). The van der Waals surface area contributed by atoms with Gasteiger partial charge in [-0.2, -0.15) is 0 Å². The Bertz CT molecular complexity index is 523. The number of aliphatic carboxylic acids is 1. The molecule has 110 valence electrons. The topological polar surface area (TPSA) is 69.6 Å². The Kier molecular flexibility index (Phi) is 6.39. The molecule has 0 bridgehead atoms. The summed E-state index contributed by atoms with van der Waals surface area (Å²) in [6, 6.07) is 2.26. The molecule has 0 aliphatic carbocycles. The molecule has 2 amide bonds. The lowest BCUT2D eigenvalue weighted by molar-refractivity contribution is -0.137. The van der Waals surface area contributed by atoms with Crippen molar-refractivity contribution in [3.8, 4) is 0 Å². The van der Waals surface area contributed by atoms with Crippen LogP contribution in [0.4, 0.5) is 10.5 Å². The molecule has 0 radical (unpaired) electrons. The third-order valence-corrected chi connectivity index (χ3v) is 3.39. The smallest absolute Gasteiger partial charge is 0.323 e. The number of carboxylic acid groups (broad SMARTS) is 1. The van der Waals surface area contributed by atoms with Gasteiger partial charge in [-0.05, 0) is 18.6 Å². The van der Waals surface area contributed by atoms with E-state index >= 15 is 0 Å². The number of nitrogens with zero attached hydrogens (tertiary/aromatic N) is 1. The fourth-order valence-corrected chi connectivity index (χ4v) is 2.09. The Labute approximate surface area is 131 Å². The number of hydrogen-bond acceptors (Lipinski definition) is 2. The average molecular weight is 340 g/mol. The van der Waals surface area contributed by atoms with E-state index in [4.69, 9.17) is 39.9 Å². The summed E-state index contributed by atoms with van der Waals surface area (Å²) in [5, 5.41) is 12.0. The largest absolute Gasteiger partial charge is 0.480 e. The fraction of sp³-hybridized carbons (Fsp3) is 0.333. The molecule has 0 saturated heterocycles. The molecule has 0 atom stereocenters. The van der Waals surface area contributed by atoms with E-state index in [9.17, 15) is 9.59 Å². The maximum atomic E-state index is 12.0. The highest BCUT2D eigenvalue weighted by Crippen LogP contribution is 2.32. The summed E-state index contributed by atoms with van der Waals surface area (Å²) >= 11 is 17.6. The molecular weight excluding hydrogens is 327 g/mol. The third kappa shape index (κ3) is 4.74. The minimum Gasteiger partial charge on any atom is -0.480 e. The van der Waals surface area contributed by atoms with E-state index in [1.165, 1.54) is 17.0 Å². The molecule has 20 heavy (non-hydrogen) atoms. The number of amides is 2. The zero-order valence-corrected chi connectivity index (χ0v) is 12.9. The Hall–Kier alpha value is -1.17. The van der Waals surface area contributed by atoms with E-state index in [1.807, 2.05) is 6.92 Å². The van der Waals surface area contributed by atoms with Crippen molar-refractivity contribution in [3.63, 3.8) is 0 Å². The van der Waals surface area contributed by atoms with E-state index in [0.717, 1.165) is 0 Å². The fourth-order valence-electron chi connectivity index (χ4n) is 1.50. The van der Waals surface area contributed by atoms with Gasteiger partial charge in [-0.25, -0.2) is 4.79 Å². The Morgan fingerprint density at radius 3 is 2.35 bits per heavy atom. The summed E-state index contributed by atoms with van der Waals surface area (Å²) in [4.78, 5) is 23.9. The SMILES string of the molecule is CCCN(CC(=O)O)C(=O)Nc1cc(Cl)c(Cl)cc1Cl. The number of nitrogens with one attached hydrogen (secondary N) is 1. The molecule has 0 aliphatic rings. The number of carbonyl (C=O) groups excluding carboxylic acids is 1. The van der Waals surface area contributed by atoms with Gasteiger partial charge in [0.05, 0.1) is 20.8 Å². The van der Waals surface area contributed by atoms with E-state index in [2.05, 4.69) is 5.32 Å². The number of hydrogen-bond donors (Lipinski definition) is 2. The van der Waals surface area contributed by atoms with Crippen LogP contribution in [0, 0.1) is 0 Å². The molecule has 0 aromatic heterocycles. The highest BCUT2D eigenvalue weighted by Gasteiger charge is 2.17. The third-order valence-electron chi connectivity index (χ3n) is 2.36. The summed E-state index contributed by atoms with van der Waals surface area (Å²) < 4.78 is 0. The highest BCUT2D eigenvalue weighted by atomic mass is 35.5. The van der Waals surface area contributed by atoms with Crippen LogP contribution in [0.2, 0.25) is 15.1 Å². The monoisotopic (exact) mass is 338 g/mol. The molecule has 0 aliphatic heterocycles. The molecular formula is C12H13Cl3N2O3. The molecule has 8 heteroatoms. The Morgan fingerprint density at radius 2 is 1.80 bits per heavy atom. The molecule has 5 nitrogen and oxygen atoms in total. The summed E-state index contributed by atoms with van der Waals surface area (Å²) in [6.45, 7) is 1.77. The average Bonchev–Trinajstić information content (AvgIpc) is 2.34. The van der Waals surface area contributed by atoms with Crippen LogP contribution >= 0.6 is 34.8 Å². The van der Waals surface area contributed by atoms with Crippen LogP contribution in [0.25, 0.3) is 0 Å². The molecule has 1 aromatic carbocycles. The molecule has 0 unspecified atom stereocenters. The lowest BCUT2D eigenvalue weighted by atomic mass is 10.3. The first-order chi connectivity index (χ1) is 9.35. The second-order valence-electron chi connectivity index (χ2n) is 3.99. The number of halogens is 3. The lowest BCUT2D eigenvalue weighted by Gasteiger charge is -2.21. The van der Waals surface area contributed by atoms with Crippen molar-refractivity contribution in [2.75, 3.05) is 18.4 Å². The summed E-state index contributed by atoms with van der Waals surface area (Å²) in [5.74, 6) is -1.09. The van der Waals surface area contributed by atoms with Crippen LogP contribution in [-0.2, 0) is 4.79 Å².